The normalized spacial score (nSPS) is 10.4. The number of halogens is 1. The van der Waals surface area contributed by atoms with E-state index in [1.807, 2.05) is 6.92 Å². The number of aryl methyl sites for hydroxylation is 1. The van der Waals surface area contributed by atoms with E-state index >= 15 is 0 Å². The van der Waals surface area contributed by atoms with Gasteiger partial charge in [-0.15, -0.1) is 0 Å². The van der Waals surface area contributed by atoms with Crippen molar-refractivity contribution in [3.05, 3.63) is 41.6 Å². The minimum Gasteiger partial charge on any atom is -0.339 e. The summed E-state index contributed by atoms with van der Waals surface area (Å²) in [6.07, 6.45) is 0. The van der Waals surface area contributed by atoms with Crippen molar-refractivity contribution in [2.24, 2.45) is 0 Å². The fourth-order valence-electron chi connectivity index (χ4n) is 1.52. The van der Waals surface area contributed by atoms with Crippen molar-refractivity contribution in [3.63, 3.8) is 0 Å². The Kier molecular flexibility index (Phi) is 2.56. The first kappa shape index (κ1) is 10.5. The Balaban J connectivity index is 2.47. The van der Waals surface area contributed by atoms with Crippen LogP contribution < -0.4 is 0 Å². The van der Waals surface area contributed by atoms with Crippen LogP contribution in [0.4, 0.5) is 4.39 Å². The van der Waals surface area contributed by atoms with E-state index in [9.17, 15) is 9.18 Å². The number of imidazole rings is 1. The van der Waals surface area contributed by atoms with E-state index in [-0.39, 0.29) is 11.6 Å². The lowest BCUT2D eigenvalue weighted by Gasteiger charge is -1.97. The van der Waals surface area contributed by atoms with E-state index in [4.69, 9.17) is 0 Å². The number of nitrogens with one attached hydrogen (secondary N) is 1. The minimum absolute atomic E-state index is 0.114. The van der Waals surface area contributed by atoms with Crippen LogP contribution in [0.15, 0.2) is 24.3 Å². The average Bonchev–Trinajstić information content (AvgIpc) is 2.62. The molecule has 0 radical (unpaired) electrons. The minimum atomic E-state index is -0.288. The molecule has 4 heteroatoms. The molecule has 1 aromatic carbocycles. The molecular weight excluding hydrogens is 207 g/mol. The Bertz CT molecular complexity index is 528. The summed E-state index contributed by atoms with van der Waals surface area (Å²) in [7, 11) is 0. The van der Waals surface area contributed by atoms with Crippen LogP contribution in [-0.2, 0) is 0 Å². The maximum atomic E-state index is 12.8. The van der Waals surface area contributed by atoms with E-state index < -0.39 is 0 Å². The molecule has 2 aromatic rings. The predicted molar refractivity (Wildman–Crippen MR) is 58.7 cm³/mol. The van der Waals surface area contributed by atoms with Crippen molar-refractivity contribution in [2.75, 3.05) is 0 Å². The number of carbonyl (C=O) groups excluding carboxylic acids is 1. The number of aromatic nitrogens is 2. The van der Waals surface area contributed by atoms with E-state index in [0.717, 1.165) is 11.3 Å². The number of ketones is 1. The molecule has 0 amide bonds. The van der Waals surface area contributed by atoms with E-state index in [2.05, 4.69) is 9.97 Å². The van der Waals surface area contributed by atoms with Gasteiger partial charge in [0.05, 0.1) is 5.69 Å². The number of hydrogen-bond acceptors (Lipinski definition) is 2. The van der Waals surface area contributed by atoms with Crippen molar-refractivity contribution >= 4 is 5.78 Å². The predicted octanol–water partition coefficient (Wildman–Crippen LogP) is 2.73. The summed E-state index contributed by atoms with van der Waals surface area (Å²) < 4.78 is 12.8. The molecule has 2 rings (SSSR count). The van der Waals surface area contributed by atoms with Crippen molar-refractivity contribution < 1.29 is 9.18 Å². The summed E-state index contributed by atoms with van der Waals surface area (Å²) in [4.78, 5) is 18.2. The highest BCUT2D eigenvalue weighted by Gasteiger charge is 2.11. The number of aromatic amines is 1. The molecule has 0 saturated carbocycles. The third-order valence-corrected chi connectivity index (χ3v) is 2.34. The molecule has 0 aliphatic rings. The fraction of sp³-hybridized carbons (Fsp3) is 0.167. The Hall–Kier alpha value is -1.97. The van der Waals surface area contributed by atoms with E-state index in [0.29, 0.717) is 11.5 Å². The topological polar surface area (TPSA) is 45.8 Å². The lowest BCUT2D eigenvalue weighted by molar-refractivity contribution is 0.100. The maximum Gasteiger partial charge on any atom is 0.195 e. The van der Waals surface area contributed by atoms with Gasteiger partial charge in [0, 0.05) is 18.2 Å². The van der Waals surface area contributed by atoms with Gasteiger partial charge < -0.3 is 4.98 Å². The smallest absolute Gasteiger partial charge is 0.195 e. The Morgan fingerprint density at radius 2 is 1.94 bits per heavy atom. The number of H-pyrrole nitrogens is 1. The monoisotopic (exact) mass is 218 g/mol. The molecule has 0 unspecified atom stereocenters. The van der Waals surface area contributed by atoms with Crippen molar-refractivity contribution in [1.29, 1.82) is 0 Å². The Morgan fingerprint density at radius 3 is 2.44 bits per heavy atom. The first-order valence-corrected chi connectivity index (χ1v) is 4.91. The van der Waals surface area contributed by atoms with Gasteiger partial charge in [-0.1, -0.05) is 0 Å². The maximum absolute atomic E-state index is 12.8. The molecule has 3 nitrogen and oxygen atoms in total. The average molecular weight is 218 g/mol. The lowest BCUT2D eigenvalue weighted by Crippen LogP contribution is -1.94. The van der Waals surface area contributed by atoms with Crippen LogP contribution in [0.25, 0.3) is 11.3 Å². The van der Waals surface area contributed by atoms with Gasteiger partial charge in [-0.05, 0) is 31.2 Å². The summed E-state index contributed by atoms with van der Waals surface area (Å²) in [5, 5.41) is 0. The molecule has 0 spiro atoms. The molecule has 82 valence electrons. The van der Waals surface area contributed by atoms with Crippen LogP contribution in [0.1, 0.15) is 23.2 Å². The highest BCUT2D eigenvalue weighted by molar-refractivity contribution is 5.91. The second kappa shape index (κ2) is 3.89. The summed E-state index contributed by atoms with van der Waals surface area (Å²) >= 11 is 0. The van der Waals surface area contributed by atoms with Crippen LogP contribution in [0.3, 0.4) is 0 Å². The molecule has 1 heterocycles. The largest absolute Gasteiger partial charge is 0.339 e. The number of Topliss-reactive ketones (excluding diaryl/α,β-unsaturated/α-hetero) is 1. The van der Waals surface area contributed by atoms with Crippen molar-refractivity contribution in [2.45, 2.75) is 13.8 Å². The number of nitrogens with zero attached hydrogens (tertiary/aromatic N) is 1. The first-order valence-electron chi connectivity index (χ1n) is 4.91. The van der Waals surface area contributed by atoms with Crippen LogP contribution in [0.5, 0.6) is 0 Å². The van der Waals surface area contributed by atoms with Gasteiger partial charge in [-0.25, -0.2) is 9.37 Å². The summed E-state index contributed by atoms with van der Waals surface area (Å²) in [6, 6.07) is 6.03. The lowest BCUT2D eigenvalue weighted by atomic mass is 10.1. The molecule has 0 fully saturated rings. The fourth-order valence-corrected chi connectivity index (χ4v) is 1.52. The quantitative estimate of drug-likeness (QED) is 0.788. The van der Waals surface area contributed by atoms with Gasteiger partial charge in [-0.2, -0.15) is 0 Å². The molecule has 1 N–H and O–H groups in total. The summed E-state index contributed by atoms with van der Waals surface area (Å²) in [5.41, 5.74) is 2.28. The standard InChI is InChI=1S/C12H11FN2O/c1-7-11(15-12(14-7)8(2)16)9-3-5-10(13)6-4-9/h3-6H,1-2H3,(H,14,15). The zero-order chi connectivity index (χ0) is 11.7. The zero-order valence-corrected chi connectivity index (χ0v) is 9.04. The summed E-state index contributed by atoms with van der Waals surface area (Å²) in [6.45, 7) is 3.28. The second-order valence-corrected chi connectivity index (χ2v) is 3.62. The van der Waals surface area contributed by atoms with E-state index in [1.54, 1.807) is 12.1 Å². The van der Waals surface area contributed by atoms with Crippen molar-refractivity contribution in [1.82, 2.24) is 9.97 Å². The molecule has 0 bridgehead atoms. The SMILES string of the molecule is CC(=O)c1nc(-c2ccc(F)cc2)c(C)[nH]1. The molecule has 1 aromatic heterocycles. The highest BCUT2D eigenvalue weighted by Crippen LogP contribution is 2.21. The molecular formula is C12H11FN2O. The van der Waals surface area contributed by atoms with Gasteiger partial charge in [0.15, 0.2) is 11.6 Å². The van der Waals surface area contributed by atoms with Gasteiger partial charge in [0.25, 0.3) is 0 Å². The molecule has 0 atom stereocenters. The van der Waals surface area contributed by atoms with Gasteiger partial charge >= 0.3 is 0 Å². The second-order valence-electron chi connectivity index (χ2n) is 3.62. The molecule has 0 aliphatic heterocycles. The number of carbonyl (C=O) groups is 1. The van der Waals surface area contributed by atoms with E-state index in [1.165, 1.54) is 19.1 Å². The number of hydrogen-bond donors (Lipinski definition) is 1. The van der Waals surface area contributed by atoms with Gasteiger partial charge in [0.2, 0.25) is 0 Å². The van der Waals surface area contributed by atoms with Crippen LogP contribution in [-0.4, -0.2) is 15.8 Å². The highest BCUT2D eigenvalue weighted by atomic mass is 19.1. The third-order valence-electron chi connectivity index (χ3n) is 2.34. The van der Waals surface area contributed by atoms with Crippen LogP contribution in [0.2, 0.25) is 0 Å². The molecule has 0 saturated heterocycles. The molecule has 16 heavy (non-hydrogen) atoms. The first-order chi connectivity index (χ1) is 7.58. The van der Waals surface area contributed by atoms with Crippen LogP contribution >= 0.6 is 0 Å². The Morgan fingerprint density at radius 1 is 1.31 bits per heavy atom. The third kappa shape index (κ3) is 1.86. The van der Waals surface area contributed by atoms with Gasteiger partial charge in [0.1, 0.15) is 5.82 Å². The number of benzene rings is 1. The Labute approximate surface area is 92.3 Å². The summed E-state index contributed by atoms with van der Waals surface area (Å²) in [5.74, 6) is -0.0722. The zero-order valence-electron chi connectivity index (χ0n) is 9.04. The van der Waals surface area contributed by atoms with Crippen molar-refractivity contribution in [3.8, 4) is 11.3 Å². The van der Waals surface area contributed by atoms with Gasteiger partial charge in [-0.3, -0.25) is 4.79 Å². The molecule has 0 aliphatic carbocycles. The number of rotatable bonds is 2. The van der Waals surface area contributed by atoms with Crippen LogP contribution in [0, 0.1) is 12.7 Å².